The Balaban J connectivity index is 1.42. The topological polar surface area (TPSA) is 77.2 Å². The van der Waals surface area contributed by atoms with Gasteiger partial charge in [-0.3, -0.25) is 4.79 Å². The van der Waals surface area contributed by atoms with Crippen LogP contribution in [-0.2, 0) is 4.79 Å². The minimum Gasteiger partial charge on any atom is -0.475 e. The van der Waals surface area contributed by atoms with Crippen LogP contribution >= 0.6 is 11.6 Å². The number of ether oxygens (including phenoxy) is 1. The van der Waals surface area contributed by atoms with Crippen LogP contribution in [0.4, 0.5) is 0 Å². The highest BCUT2D eigenvalue weighted by molar-refractivity contribution is 6.31. The van der Waals surface area contributed by atoms with Crippen molar-refractivity contribution in [2.24, 2.45) is 23.5 Å². The average Bonchev–Trinajstić information content (AvgIpc) is 2.52. The molecule has 1 aromatic rings. The number of carbonyl (C=O) groups is 1. The quantitative estimate of drug-likeness (QED) is 0.809. The SMILES string of the molecule is NC1C2CCCC1CC(C(=O)NCCOc1ncccc1Cl)C2. The maximum atomic E-state index is 12.4. The van der Waals surface area contributed by atoms with Gasteiger partial charge in [0.05, 0.1) is 6.54 Å². The molecule has 3 N–H and O–H groups in total. The highest BCUT2D eigenvalue weighted by Gasteiger charge is 2.40. The third-order valence-electron chi connectivity index (χ3n) is 5.15. The lowest BCUT2D eigenvalue weighted by Gasteiger charge is -2.43. The van der Waals surface area contributed by atoms with Crippen molar-refractivity contribution >= 4 is 17.5 Å². The largest absolute Gasteiger partial charge is 0.475 e. The van der Waals surface area contributed by atoms with Gasteiger partial charge in [-0.15, -0.1) is 0 Å². The second kappa shape index (κ2) is 7.49. The molecular formula is C17H24ClN3O2. The zero-order valence-electron chi connectivity index (χ0n) is 13.2. The molecule has 6 heteroatoms. The molecule has 126 valence electrons. The molecule has 23 heavy (non-hydrogen) atoms. The summed E-state index contributed by atoms with van der Waals surface area (Å²) in [6.07, 6.45) is 7.08. The van der Waals surface area contributed by atoms with E-state index in [2.05, 4.69) is 10.3 Å². The summed E-state index contributed by atoms with van der Waals surface area (Å²) >= 11 is 5.97. The molecule has 1 heterocycles. The Morgan fingerprint density at radius 2 is 2.13 bits per heavy atom. The molecule has 1 aromatic heterocycles. The van der Waals surface area contributed by atoms with Gasteiger partial charge in [0.25, 0.3) is 0 Å². The lowest BCUT2D eigenvalue weighted by Crippen LogP contribution is -2.49. The van der Waals surface area contributed by atoms with E-state index in [4.69, 9.17) is 22.1 Å². The molecule has 2 saturated carbocycles. The summed E-state index contributed by atoms with van der Waals surface area (Å²) < 4.78 is 5.49. The fraction of sp³-hybridized carbons (Fsp3) is 0.647. The summed E-state index contributed by atoms with van der Waals surface area (Å²) in [5.74, 6) is 1.67. The molecule has 0 aromatic carbocycles. The molecule has 3 rings (SSSR count). The first-order valence-electron chi connectivity index (χ1n) is 8.41. The molecule has 5 nitrogen and oxygen atoms in total. The zero-order valence-corrected chi connectivity index (χ0v) is 14.0. The Kier molecular flexibility index (Phi) is 5.38. The number of amides is 1. The lowest BCUT2D eigenvalue weighted by atomic mass is 9.65. The van der Waals surface area contributed by atoms with Crippen molar-refractivity contribution in [3.63, 3.8) is 0 Å². The van der Waals surface area contributed by atoms with Gasteiger partial charge in [0.1, 0.15) is 11.6 Å². The van der Waals surface area contributed by atoms with Gasteiger partial charge in [0.15, 0.2) is 0 Å². The monoisotopic (exact) mass is 337 g/mol. The van der Waals surface area contributed by atoms with Crippen LogP contribution < -0.4 is 15.8 Å². The van der Waals surface area contributed by atoms with E-state index < -0.39 is 0 Å². The number of hydrogen-bond acceptors (Lipinski definition) is 4. The maximum Gasteiger partial charge on any atom is 0.232 e. The first-order valence-corrected chi connectivity index (χ1v) is 8.79. The summed E-state index contributed by atoms with van der Waals surface area (Å²) in [5.41, 5.74) is 6.28. The third kappa shape index (κ3) is 3.96. The Labute approximate surface area is 141 Å². The smallest absolute Gasteiger partial charge is 0.232 e. The number of pyridine rings is 1. The molecule has 0 saturated heterocycles. The predicted octanol–water partition coefficient (Wildman–Crippen LogP) is 2.38. The number of nitrogens with one attached hydrogen (secondary N) is 1. The van der Waals surface area contributed by atoms with Gasteiger partial charge in [-0.05, 0) is 49.7 Å². The van der Waals surface area contributed by atoms with Crippen molar-refractivity contribution in [1.82, 2.24) is 10.3 Å². The minimum atomic E-state index is 0.100. The minimum absolute atomic E-state index is 0.100. The van der Waals surface area contributed by atoms with Gasteiger partial charge < -0.3 is 15.8 Å². The van der Waals surface area contributed by atoms with Crippen LogP contribution in [0.1, 0.15) is 32.1 Å². The fourth-order valence-electron chi connectivity index (χ4n) is 3.95. The molecule has 2 aliphatic rings. The fourth-order valence-corrected chi connectivity index (χ4v) is 4.12. The Bertz CT molecular complexity index is 540. The van der Waals surface area contributed by atoms with E-state index in [1.807, 2.05) is 0 Å². The molecule has 2 fully saturated rings. The first kappa shape index (κ1) is 16.5. The summed E-state index contributed by atoms with van der Waals surface area (Å²) in [6, 6.07) is 3.77. The number of nitrogens with zero attached hydrogens (tertiary/aromatic N) is 1. The Morgan fingerprint density at radius 1 is 1.39 bits per heavy atom. The second-order valence-electron chi connectivity index (χ2n) is 6.63. The molecule has 2 atom stereocenters. The molecule has 0 aliphatic heterocycles. The van der Waals surface area contributed by atoms with E-state index in [1.165, 1.54) is 19.3 Å². The van der Waals surface area contributed by atoms with Crippen LogP contribution in [0.3, 0.4) is 0 Å². The number of halogens is 1. The normalized spacial score (nSPS) is 29.8. The van der Waals surface area contributed by atoms with Crippen LogP contribution in [0, 0.1) is 17.8 Å². The van der Waals surface area contributed by atoms with Crippen molar-refractivity contribution in [2.75, 3.05) is 13.2 Å². The molecule has 0 radical (unpaired) electrons. The highest BCUT2D eigenvalue weighted by atomic mass is 35.5. The van der Waals surface area contributed by atoms with E-state index in [0.717, 1.165) is 12.8 Å². The number of rotatable bonds is 5. The van der Waals surface area contributed by atoms with Crippen LogP contribution in [0.15, 0.2) is 18.3 Å². The van der Waals surface area contributed by atoms with Gasteiger partial charge in [-0.2, -0.15) is 0 Å². The molecule has 2 bridgehead atoms. The lowest BCUT2D eigenvalue weighted by molar-refractivity contribution is -0.128. The van der Waals surface area contributed by atoms with Gasteiger partial charge in [-0.1, -0.05) is 18.0 Å². The summed E-state index contributed by atoms with van der Waals surface area (Å²) in [4.78, 5) is 16.4. The predicted molar refractivity (Wildman–Crippen MR) is 89.3 cm³/mol. The summed E-state index contributed by atoms with van der Waals surface area (Å²) in [6.45, 7) is 0.825. The van der Waals surface area contributed by atoms with Gasteiger partial charge >= 0.3 is 0 Å². The highest BCUT2D eigenvalue weighted by Crippen LogP contribution is 2.41. The maximum absolute atomic E-state index is 12.4. The van der Waals surface area contributed by atoms with Crippen molar-refractivity contribution in [3.8, 4) is 5.88 Å². The summed E-state index contributed by atoms with van der Waals surface area (Å²) in [7, 11) is 0. The van der Waals surface area contributed by atoms with E-state index in [0.29, 0.717) is 41.9 Å². The van der Waals surface area contributed by atoms with Crippen molar-refractivity contribution < 1.29 is 9.53 Å². The molecular weight excluding hydrogens is 314 g/mol. The molecule has 2 aliphatic carbocycles. The van der Waals surface area contributed by atoms with Crippen molar-refractivity contribution in [3.05, 3.63) is 23.4 Å². The van der Waals surface area contributed by atoms with Crippen molar-refractivity contribution in [1.29, 1.82) is 0 Å². The van der Waals surface area contributed by atoms with E-state index in [1.54, 1.807) is 18.3 Å². The number of nitrogens with two attached hydrogens (primary N) is 1. The average molecular weight is 338 g/mol. The van der Waals surface area contributed by atoms with Gasteiger partial charge in [0.2, 0.25) is 11.8 Å². The van der Waals surface area contributed by atoms with Crippen LogP contribution in [0.2, 0.25) is 5.02 Å². The number of carbonyl (C=O) groups excluding carboxylic acids is 1. The van der Waals surface area contributed by atoms with E-state index in [9.17, 15) is 4.79 Å². The van der Waals surface area contributed by atoms with Crippen LogP contribution in [0.25, 0.3) is 0 Å². The standard InChI is InChI=1S/C17H24ClN3O2/c18-14-5-2-6-21-17(14)23-8-7-20-16(22)13-9-11-3-1-4-12(10-13)15(11)19/h2,5-6,11-13,15H,1,3-4,7-10,19H2,(H,20,22). The van der Waals surface area contributed by atoms with Crippen molar-refractivity contribution in [2.45, 2.75) is 38.1 Å². The van der Waals surface area contributed by atoms with E-state index >= 15 is 0 Å². The Hall–Kier alpha value is -1.33. The molecule has 1 amide bonds. The second-order valence-corrected chi connectivity index (χ2v) is 7.03. The van der Waals surface area contributed by atoms with Crippen LogP contribution in [-0.4, -0.2) is 30.1 Å². The summed E-state index contributed by atoms with van der Waals surface area (Å²) in [5, 5.41) is 3.45. The Morgan fingerprint density at radius 3 is 2.83 bits per heavy atom. The first-order chi connectivity index (χ1) is 11.1. The van der Waals surface area contributed by atoms with Gasteiger partial charge in [0, 0.05) is 18.2 Å². The number of aromatic nitrogens is 1. The van der Waals surface area contributed by atoms with E-state index in [-0.39, 0.29) is 11.8 Å². The number of hydrogen-bond donors (Lipinski definition) is 2. The third-order valence-corrected chi connectivity index (χ3v) is 5.44. The number of fused-ring (bicyclic) bond motifs is 2. The zero-order chi connectivity index (χ0) is 16.2. The molecule has 2 unspecified atom stereocenters. The molecule has 0 spiro atoms. The van der Waals surface area contributed by atoms with Crippen LogP contribution in [0.5, 0.6) is 5.88 Å². The van der Waals surface area contributed by atoms with Gasteiger partial charge in [-0.25, -0.2) is 4.98 Å².